The van der Waals surface area contributed by atoms with E-state index in [1.165, 1.54) is 6.07 Å². The molecule has 0 bridgehead atoms. The van der Waals surface area contributed by atoms with Crippen LogP contribution in [0.1, 0.15) is 12.5 Å². The van der Waals surface area contributed by atoms with Gasteiger partial charge in [0.2, 0.25) is 5.91 Å². The molecule has 1 aliphatic heterocycles. The van der Waals surface area contributed by atoms with Crippen LogP contribution >= 0.6 is 0 Å². The Morgan fingerprint density at radius 3 is 2.54 bits per heavy atom. The molecule has 8 heteroatoms. The van der Waals surface area contributed by atoms with Gasteiger partial charge in [-0.1, -0.05) is 25.1 Å². The number of hydrogen-bond acceptors (Lipinski definition) is 3. The Bertz CT molecular complexity index is 788. The predicted molar refractivity (Wildman–Crippen MR) is 103 cm³/mol. The number of urea groups is 1. The van der Waals surface area contributed by atoms with Gasteiger partial charge in [-0.3, -0.25) is 9.48 Å². The summed E-state index contributed by atoms with van der Waals surface area (Å²) in [5.74, 6) is -0.219. The van der Waals surface area contributed by atoms with Crippen LogP contribution in [-0.2, 0) is 17.8 Å². The lowest BCUT2D eigenvalue weighted by molar-refractivity contribution is -0.131. The lowest BCUT2D eigenvalue weighted by Crippen LogP contribution is -2.53. The minimum absolute atomic E-state index is 0.0454. The maximum atomic E-state index is 13.7. The first-order valence-electron chi connectivity index (χ1n) is 9.54. The molecule has 3 amide bonds. The highest BCUT2D eigenvalue weighted by Gasteiger charge is 2.24. The Morgan fingerprint density at radius 1 is 1.14 bits per heavy atom. The average Bonchev–Trinajstić information content (AvgIpc) is 3.21. The van der Waals surface area contributed by atoms with Crippen LogP contribution in [0.2, 0.25) is 0 Å². The second-order valence-corrected chi connectivity index (χ2v) is 7.16. The Hall–Kier alpha value is -2.90. The molecule has 0 unspecified atom stereocenters. The van der Waals surface area contributed by atoms with Crippen LogP contribution in [0.4, 0.5) is 9.18 Å². The van der Waals surface area contributed by atoms with Gasteiger partial charge >= 0.3 is 6.03 Å². The van der Waals surface area contributed by atoms with Gasteiger partial charge in [-0.2, -0.15) is 5.10 Å². The van der Waals surface area contributed by atoms with Crippen LogP contribution in [0, 0.1) is 11.7 Å². The molecule has 1 aromatic carbocycles. The summed E-state index contributed by atoms with van der Waals surface area (Å²) in [5, 5.41) is 7.11. The summed E-state index contributed by atoms with van der Waals surface area (Å²) >= 11 is 0. The fraction of sp³-hybridized carbons (Fsp3) is 0.450. The zero-order chi connectivity index (χ0) is 19.9. The number of rotatable bonds is 6. The van der Waals surface area contributed by atoms with Crippen molar-refractivity contribution in [1.82, 2.24) is 24.9 Å². The molecule has 1 aromatic heterocycles. The highest BCUT2D eigenvalue weighted by molar-refractivity contribution is 5.79. The average molecular weight is 387 g/mol. The minimum Gasteiger partial charge on any atom is -0.339 e. The maximum absolute atomic E-state index is 13.7. The third kappa shape index (κ3) is 5.31. The number of benzene rings is 1. The van der Waals surface area contributed by atoms with Crippen molar-refractivity contribution in [3.8, 4) is 0 Å². The second-order valence-electron chi connectivity index (χ2n) is 7.16. The molecule has 0 aliphatic carbocycles. The Kier molecular flexibility index (Phi) is 6.62. The Labute approximate surface area is 164 Å². The maximum Gasteiger partial charge on any atom is 0.317 e. The molecule has 2 aromatic rings. The van der Waals surface area contributed by atoms with Crippen molar-refractivity contribution in [1.29, 1.82) is 0 Å². The van der Waals surface area contributed by atoms with E-state index < -0.39 is 0 Å². The standard InChI is InChI=1S/C20H26FN5O2/c1-16(15-26-8-4-7-23-26)14-22-20(28)25-11-9-24(10-12-25)19(27)13-17-5-2-3-6-18(17)21/h2-8,16H,9-15H2,1H3,(H,22,28)/t16-/m1/s1. The van der Waals surface area contributed by atoms with Gasteiger partial charge in [0, 0.05) is 51.7 Å². The van der Waals surface area contributed by atoms with Crippen LogP contribution in [0.5, 0.6) is 0 Å². The summed E-state index contributed by atoms with van der Waals surface area (Å²) in [7, 11) is 0. The normalized spacial score (nSPS) is 15.4. The van der Waals surface area contributed by atoms with E-state index in [4.69, 9.17) is 0 Å². The van der Waals surface area contributed by atoms with Crippen molar-refractivity contribution in [2.45, 2.75) is 19.9 Å². The zero-order valence-electron chi connectivity index (χ0n) is 16.1. The highest BCUT2D eigenvalue weighted by atomic mass is 19.1. The predicted octanol–water partition coefficient (Wildman–Crippen LogP) is 1.75. The third-order valence-electron chi connectivity index (χ3n) is 4.88. The number of carbonyl (C=O) groups is 2. The molecule has 0 saturated carbocycles. The molecular weight excluding hydrogens is 361 g/mol. The lowest BCUT2D eigenvalue weighted by Gasteiger charge is -2.35. The molecule has 28 heavy (non-hydrogen) atoms. The first kappa shape index (κ1) is 19.9. The summed E-state index contributed by atoms with van der Waals surface area (Å²) in [5.41, 5.74) is 0.402. The first-order valence-corrected chi connectivity index (χ1v) is 9.54. The molecular formula is C20H26FN5O2. The SMILES string of the molecule is C[C@H](CNC(=O)N1CCN(C(=O)Cc2ccccc2F)CC1)Cn1cccn1. The zero-order valence-corrected chi connectivity index (χ0v) is 16.1. The van der Waals surface area contributed by atoms with Gasteiger partial charge in [0.15, 0.2) is 0 Å². The Balaban J connectivity index is 1.40. The van der Waals surface area contributed by atoms with E-state index in [2.05, 4.69) is 17.3 Å². The van der Waals surface area contributed by atoms with Crippen LogP contribution in [0.25, 0.3) is 0 Å². The van der Waals surface area contributed by atoms with Gasteiger partial charge in [0.05, 0.1) is 6.42 Å². The van der Waals surface area contributed by atoms with E-state index in [0.717, 1.165) is 6.54 Å². The Morgan fingerprint density at radius 2 is 1.86 bits per heavy atom. The van der Waals surface area contributed by atoms with E-state index in [1.54, 1.807) is 34.2 Å². The molecule has 1 aliphatic rings. The fourth-order valence-corrected chi connectivity index (χ4v) is 3.24. The van der Waals surface area contributed by atoms with Crippen LogP contribution in [-0.4, -0.2) is 64.2 Å². The molecule has 3 rings (SSSR count). The van der Waals surface area contributed by atoms with Gasteiger partial charge in [0.25, 0.3) is 0 Å². The summed E-state index contributed by atoms with van der Waals surface area (Å²) in [4.78, 5) is 28.2. The van der Waals surface area contributed by atoms with Gasteiger partial charge in [-0.15, -0.1) is 0 Å². The van der Waals surface area contributed by atoms with Gasteiger partial charge in [0.1, 0.15) is 5.82 Å². The lowest BCUT2D eigenvalue weighted by atomic mass is 10.1. The monoisotopic (exact) mass is 387 g/mol. The van der Waals surface area contributed by atoms with Gasteiger partial charge in [-0.05, 0) is 23.6 Å². The molecule has 0 spiro atoms. The third-order valence-corrected chi connectivity index (χ3v) is 4.88. The van der Waals surface area contributed by atoms with Crippen molar-refractivity contribution >= 4 is 11.9 Å². The largest absolute Gasteiger partial charge is 0.339 e. The number of hydrogen-bond donors (Lipinski definition) is 1. The minimum atomic E-state index is -0.363. The number of halogens is 1. The van der Waals surface area contributed by atoms with Crippen molar-refractivity contribution in [3.05, 3.63) is 54.1 Å². The number of piperazine rings is 1. The van der Waals surface area contributed by atoms with E-state index in [-0.39, 0.29) is 30.1 Å². The topological polar surface area (TPSA) is 70.5 Å². The van der Waals surface area contributed by atoms with Crippen molar-refractivity contribution < 1.29 is 14.0 Å². The van der Waals surface area contributed by atoms with E-state index in [0.29, 0.717) is 38.3 Å². The molecule has 2 heterocycles. The summed E-state index contributed by atoms with van der Waals surface area (Å²) in [6, 6.07) is 8.07. The second kappa shape index (κ2) is 9.34. The smallest absolute Gasteiger partial charge is 0.317 e. The highest BCUT2D eigenvalue weighted by Crippen LogP contribution is 2.11. The number of nitrogens with zero attached hydrogens (tertiary/aromatic N) is 4. The fourth-order valence-electron chi connectivity index (χ4n) is 3.24. The molecule has 7 nitrogen and oxygen atoms in total. The van der Waals surface area contributed by atoms with E-state index in [1.807, 2.05) is 16.9 Å². The quantitative estimate of drug-likeness (QED) is 0.821. The van der Waals surface area contributed by atoms with Crippen molar-refractivity contribution in [2.75, 3.05) is 32.7 Å². The number of carbonyl (C=O) groups excluding carboxylic acids is 2. The van der Waals surface area contributed by atoms with Crippen LogP contribution in [0.3, 0.4) is 0 Å². The summed E-state index contributed by atoms with van der Waals surface area (Å²) in [6.45, 7) is 5.23. The van der Waals surface area contributed by atoms with Gasteiger partial charge < -0.3 is 15.1 Å². The van der Waals surface area contributed by atoms with E-state index >= 15 is 0 Å². The van der Waals surface area contributed by atoms with Gasteiger partial charge in [-0.25, -0.2) is 9.18 Å². The molecule has 1 saturated heterocycles. The molecule has 0 radical (unpaired) electrons. The van der Waals surface area contributed by atoms with E-state index in [9.17, 15) is 14.0 Å². The van der Waals surface area contributed by atoms with Crippen LogP contribution < -0.4 is 5.32 Å². The number of nitrogens with one attached hydrogen (secondary N) is 1. The summed E-state index contributed by atoms with van der Waals surface area (Å²) < 4.78 is 15.6. The molecule has 1 atom stereocenters. The molecule has 1 N–H and O–H groups in total. The summed E-state index contributed by atoms with van der Waals surface area (Å²) in [6.07, 6.45) is 3.68. The molecule has 1 fully saturated rings. The number of amides is 3. The first-order chi connectivity index (χ1) is 13.5. The van der Waals surface area contributed by atoms with Crippen molar-refractivity contribution in [3.63, 3.8) is 0 Å². The van der Waals surface area contributed by atoms with Crippen molar-refractivity contribution in [2.24, 2.45) is 5.92 Å². The van der Waals surface area contributed by atoms with Crippen LogP contribution in [0.15, 0.2) is 42.7 Å². The molecule has 150 valence electrons. The number of aromatic nitrogens is 2.